The van der Waals surface area contributed by atoms with Crippen molar-refractivity contribution in [2.24, 2.45) is 0 Å². The zero-order valence-corrected chi connectivity index (χ0v) is 16.2. The van der Waals surface area contributed by atoms with Crippen molar-refractivity contribution in [2.75, 3.05) is 34.4 Å². The van der Waals surface area contributed by atoms with Crippen LogP contribution in [0.1, 0.15) is 19.4 Å². The molecule has 150 valence electrons. The third kappa shape index (κ3) is 6.05. The highest BCUT2D eigenvalue weighted by molar-refractivity contribution is 5.85. The highest BCUT2D eigenvalue weighted by atomic mass is 16.5. The highest BCUT2D eigenvalue weighted by Gasteiger charge is 2.26. The smallest absolute Gasteiger partial charge is 0.326 e. The maximum Gasteiger partial charge on any atom is 0.326 e. The summed E-state index contributed by atoms with van der Waals surface area (Å²) in [5.41, 5.74) is 0.580. The Kier molecular flexibility index (Phi) is 8.37. The van der Waals surface area contributed by atoms with E-state index in [1.807, 2.05) is 0 Å². The first-order valence-electron chi connectivity index (χ1n) is 8.30. The van der Waals surface area contributed by atoms with E-state index in [1.54, 1.807) is 12.1 Å². The number of amides is 2. The van der Waals surface area contributed by atoms with Crippen LogP contribution in [0.25, 0.3) is 0 Å². The lowest BCUT2D eigenvalue weighted by Crippen LogP contribution is -2.47. The van der Waals surface area contributed by atoms with Crippen molar-refractivity contribution in [3.8, 4) is 17.2 Å². The van der Waals surface area contributed by atoms with Crippen molar-refractivity contribution >= 4 is 17.8 Å². The van der Waals surface area contributed by atoms with Gasteiger partial charge in [0.2, 0.25) is 17.6 Å². The quantitative estimate of drug-likeness (QED) is 0.612. The molecule has 1 aromatic carbocycles. The number of methoxy groups -OCH3 is 3. The zero-order chi connectivity index (χ0) is 20.6. The van der Waals surface area contributed by atoms with E-state index in [2.05, 4.69) is 5.32 Å². The number of carbonyl (C=O) groups is 3. The van der Waals surface area contributed by atoms with Crippen LogP contribution in [0.2, 0.25) is 0 Å². The second kappa shape index (κ2) is 10.2. The minimum Gasteiger partial charge on any atom is -0.493 e. The number of rotatable bonds is 10. The van der Waals surface area contributed by atoms with Crippen LogP contribution in [-0.2, 0) is 20.8 Å². The monoisotopic (exact) mass is 382 g/mol. The number of carboxylic acid groups (broad SMARTS) is 1. The number of carbonyl (C=O) groups excluding carboxylic acids is 2. The molecule has 0 spiro atoms. The maximum atomic E-state index is 12.7. The van der Waals surface area contributed by atoms with Gasteiger partial charge in [0.1, 0.15) is 6.04 Å². The van der Waals surface area contributed by atoms with Crippen LogP contribution in [0.3, 0.4) is 0 Å². The van der Waals surface area contributed by atoms with Crippen LogP contribution in [0.4, 0.5) is 0 Å². The molecule has 0 aliphatic rings. The van der Waals surface area contributed by atoms with E-state index in [1.165, 1.54) is 40.1 Å². The number of benzene rings is 1. The molecule has 2 amide bonds. The lowest BCUT2D eigenvalue weighted by atomic mass is 10.1. The molecule has 0 fully saturated rings. The zero-order valence-electron chi connectivity index (χ0n) is 16.2. The Labute approximate surface area is 158 Å². The molecule has 9 nitrogen and oxygen atoms in total. The molecule has 0 aliphatic carbocycles. The van der Waals surface area contributed by atoms with E-state index in [9.17, 15) is 19.5 Å². The fourth-order valence-electron chi connectivity index (χ4n) is 2.53. The molecule has 9 heteroatoms. The molecule has 1 aromatic rings. The molecule has 0 radical (unpaired) electrons. The predicted molar refractivity (Wildman–Crippen MR) is 97.3 cm³/mol. The van der Waals surface area contributed by atoms with Crippen LogP contribution >= 0.6 is 0 Å². The van der Waals surface area contributed by atoms with Crippen molar-refractivity contribution in [3.05, 3.63) is 17.7 Å². The van der Waals surface area contributed by atoms with Crippen molar-refractivity contribution in [2.45, 2.75) is 26.3 Å². The first-order valence-corrected chi connectivity index (χ1v) is 8.30. The first-order chi connectivity index (χ1) is 12.7. The summed E-state index contributed by atoms with van der Waals surface area (Å²) in [7, 11) is 4.41. The van der Waals surface area contributed by atoms with E-state index in [-0.39, 0.29) is 25.4 Å². The molecule has 0 aromatic heterocycles. The summed E-state index contributed by atoms with van der Waals surface area (Å²) < 4.78 is 15.8. The largest absolute Gasteiger partial charge is 0.493 e. The van der Waals surface area contributed by atoms with Gasteiger partial charge in [-0.1, -0.05) is 0 Å². The second-order valence-corrected chi connectivity index (χ2v) is 5.79. The van der Waals surface area contributed by atoms with Gasteiger partial charge in [0.25, 0.3) is 0 Å². The molecule has 0 bridgehead atoms. The van der Waals surface area contributed by atoms with E-state index in [0.29, 0.717) is 22.8 Å². The lowest BCUT2D eigenvalue weighted by molar-refractivity contribution is -0.149. The number of nitrogens with zero attached hydrogens (tertiary/aromatic N) is 1. The van der Waals surface area contributed by atoms with Gasteiger partial charge in [-0.15, -0.1) is 0 Å². The molecule has 27 heavy (non-hydrogen) atoms. The standard InChI is InChI=1S/C18H26N2O7/c1-11(18(23)24)20(7-6-19-12(2)21)16(22)10-13-8-14(25-3)17(27-5)15(9-13)26-4/h8-9,11H,6-7,10H2,1-5H3,(H,19,21)(H,23,24). The molecule has 0 saturated carbocycles. The van der Waals surface area contributed by atoms with E-state index in [4.69, 9.17) is 14.2 Å². The summed E-state index contributed by atoms with van der Waals surface area (Å²) in [4.78, 5) is 36.3. The number of hydrogen-bond donors (Lipinski definition) is 2. The van der Waals surface area contributed by atoms with Crippen LogP contribution < -0.4 is 19.5 Å². The molecule has 1 rings (SSSR count). The van der Waals surface area contributed by atoms with Crippen LogP contribution in [0.15, 0.2) is 12.1 Å². The van der Waals surface area contributed by atoms with Gasteiger partial charge in [0, 0.05) is 20.0 Å². The minimum atomic E-state index is -1.13. The molecule has 0 aliphatic heterocycles. The van der Waals surface area contributed by atoms with Crippen LogP contribution in [-0.4, -0.2) is 68.3 Å². The van der Waals surface area contributed by atoms with Gasteiger partial charge in [-0.2, -0.15) is 0 Å². The molecule has 2 N–H and O–H groups in total. The number of aliphatic carboxylic acids is 1. The SMILES string of the molecule is COc1cc(CC(=O)N(CCNC(C)=O)C(C)C(=O)O)cc(OC)c1OC. The summed E-state index contributed by atoms with van der Waals surface area (Å²) in [5.74, 6) is -0.584. The summed E-state index contributed by atoms with van der Waals surface area (Å²) in [6.07, 6.45) is -0.0611. The third-order valence-electron chi connectivity index (χ3n) is 3.95. The van der Waals surface area contributed by atoms with Gasteiger partial charge >= 0.3 is 5.97 Å². The van der Waals surface area contributed by atoms with Crippen molar-refractivity contribution in [1.29, 1.82) is 0 Å². The van der Waals surface area contributed by atoms with Crippen molar-refractivity contribution in [1.82, 2.24) is 10.2 Å². The summed E-state index contributed by atoms with van der Waals surface area (Å²) >= 11 is 0. The van der Waals surface area contributed by atoms with Gasteiger partial charge in [0.05, 0.1) is 27.8 Å². The minimum absolute atomic E-state index is 0.0611. The molecule has 0 heterocycles. The summed E-state index contributed by atoms with van der Waals surface area (Å²) in [5, 5.41) is 11.8. The molecule has 0 saturated heterocycles. The van der Waals surface area contributed by atoms with E-state index in [0.717, 1.165) is 0 Å². The van der Waals surface area contributed by atoms with Crippen LogP contribution in [0.5, 0.6) is 17.2 Å². The Morgan fingerprint density at radius 3 is 2.07 bits per heavy atom. The lowest BCUT2D eigenvalue weighted by Gasteiger charge is -2.27. The fourth-order valence-corrected chi connectivity index (χ4v) is 2.53. The molecular weight excluding hydrogens is 356 g/mol. The topological polar surface area (TPSA) is 114 Å². The number of hydrogen-bond acceptors (Lipinski definition) is 6. The average molecular weight is 382 g/mol. The van der Waals surface area contributed by atoms with Crippen molar-refractivity contribution < 1.29 is 33.7 Å². The molecule has 1 unspecified atom stereocenters. The van der Waals surface area contributed by atoms with Crippen molar-refractivity contribution in [3.63, 3.8) is 0 Å². The highest BCUT2D eigenvalue weighted by Crippen LogP contribution is 2.38. The van der Waals surface area contributed by atoms with Crippen LogP contribution in [0, 0.1) is 0 Å². The summed E-state index contributed by atoms with van der Waals surface area (Å²) in [6.45, 7) is 3.01. The maximum absolute atomic E-state index is 12.7. The van der Waals surface area contributed by atoms with Gasteiger partial charge in [0.15, 0.2) is 11.5 Å². The normalized spacial score (nSPS) is 11.3. The number of nitrogens with one attached hydrogen (secondary N) is 1. The predicted octanol–water partition coefficient (Wildman–Crippen LogP) is 0.693. The number of ether oxygens (including phenoxy) is 3. The van der Waals surface area contributed by atoms with E-state index >= 15 is 0 Å². The fraction of sp³-hybridized carbons (Fsp3) is 0.500. The summed E-state index contributed by atoms with van der Waals surface area (Å²) in [6, 6.07) is 2.24. The third-order valence-corrected chi connectivity index (χ3v) is 3.95. The Bertz CT molecular complexity index is 665. The van der Waals surface area contributed by atoms with Gasteiger partial charge in [-0.3, -0.25) is 9.59 Å². The van der Waals surface area contributed by atoms with Gasteiger partial charge in [-0.25, -0.2) is 4.79 Å². The van der Waals surface area contributed by atoms with E-state index < -0.39 is 17.9 Å². The molecule has 1 atom stereocenters. The number of carboxylic acids is 1. The first kappa shape index (κ1) is 22.1. The average Bonchev–Trinajstić information content (AvgIpc) is 2.63. The Hall–Kier alpha value is -2.97. The Morgan fingerprint density at radius 2 is 1.67 bits per heavy atom. The molecular formula is C18H26N2O7. The van der Waals surface area contributed by atoms with Gasteiger partial charge in [-0.05, 0) is 24.6 Å². The Balaban J connectivity index is 3.05. The van der Waals surface area contributed by atoms with Gasteiger partial charge < -0.3 is 29.5 Å². The Morgan fingerprint density at radius 1 is 1.11 bits per heavy atom. The second-order valence-electron chi connectivity index (χ2n) is 5.79.